The van der Waals surface area contributed by atoms with Gasteiger partial charge in [-0.1, -0.05) is 12.1 Å². The molecular formula is C19H23FIN3O3. The van der Waals surface area contributed by atoms with Crippen molar-refractivity contribution >= 4 is 29.9 Å². The molecule has 0 aromatic heterocycles. The maximum Gasteiger partial charge on any atom is 0.231 e. The van der Waals surface area contributed by atoms with E-state index in [1.165, 1.54) is 12.1 Å². The highest BCUT2D eigenvalue weighted by Gasteiger charge is 2.13. The Labute approximate surface area is 175 Å². The summed E-state index contributed by atoms with van der Waals surface area (Å²) in [5, 5.41) is 6.42. The third-order valence-corrected chi connectivity index (χ3v) is 3.81. The highest BCUT2D eigenvalue weighted by molar-refractivity contribution is 14.0. The molecule has 8 heteroatoms. The van der Waals surface area contributed by atoms with Gasteiger partial charge >= 0.3 is 0 Å². The van der Waals surface area contributed by atoms with Crippen molar-refractivity contribution in [1.82, 2.24) is 10.6 Å². The van der Waals surface area contributed by atoms with Crippen LogP contribution in [0, 0.1) is 5.82 Å². The minimum Gasteiger partial charge on any atom is -0.489 e. The predicted octanol–water partition coefficient (Wildman–Crippen LogP) is 3.30. The Bertz CT molecular complexity index is 789. The van der Waals surface area contributed by atoms with Gasteiger partial charge in [-0.3, -0.25) is 4.99 Å². The van der Waals surface area contributed by atoms with E-state index in [2.05, 4.69) is 15.6 Å². The summed E-state index contributed by atoms with van der Waals surface area (Å²) in [6.07, 6.45) is -0.152. The van der Waals surface area contributed by atoms with Gasteiger partial charge in [0, 0.05) is 19.7 Å². The Morgan fingerprint density at radius 3 is 2.78 bits per heavy atom. The lowest BCUT2D eigenvalue weighted by atomic mass is 10.2. The van der Waals surface area contributed by atoms with Crippen LogP contribution in [-0.4, -0.2) is 32.4 Å². The highest BCUT2D eigenvalue weighted by atomic mass is 127. The number of nitrogens with zero attached hydrogens (tertiary/aromatic N) is 1. The number of hydrogen-bond donors (Lipinski definition) is 2. The first-order valence-corrected chi connectivity index (χ1v) is 8.39. The summed E-state index contributed by atoms with van der Waals surface area (Å²) < 4.78 is 29.6. The molecule has 3 rings (SSSR count). The lowest BCUT2D eigenvalue weighted by Crippen LogP contribution is -2.41. The van der Waals surface area contributed by atoms with Crippen molar-refractivity contribution in [3.8, 4) is 17.2 Å². The van der Waals surface area contributed by atoms with Crippen LogP contribution >= 0.6 is 24.0 Å². The molecule has 2 aromatic carbocycles. The van der Waals surface area contributed by atoms with E-state index in [-0.39, 0.29) is 42.7 Å². The number of fused-ring (bicyclic) bond motifs is 1. The molecule has 0 bridgehead atoms. The normalized spacial score (nSPS) is 13.5. The number of ether oxygens (including phenoxy) is 3. The Morgan fingerprint density at radius 1 is 1.19 bits per heavy atom. The molecule has 146 valence electrons. The van der Waals surface area contributed by atoms with Gasteiger partial charge in [-0.2, -0.15) is 0 Å². The van der Waals surface area contributed by atoms with Gasteiger partial charge in [0.25, 0.3) is 0 Å². The van der Waals surface area contributed by atoms with Crippen molar-refractivity contribution in [2.75, 3.05) is 20.4 Å². The maximum absolute atomic E-state index is 13.2. The zero-order chi connectivity index (χ0) is 18.4. The van der Waals surface area contributed by atoms with Gasteiger partial charge in [-0.15, -0.1) is 24.0 Å². The number of halogens is 2. The van der Waals surface area contributed by atoms with Crippen molar-refractivity contribution in [1.29, 1.82) is 0 Å². The molecule has 2 N–H and O–H groups in total. The Hall–Kier alpha value is -2.23. The van der Waals surface area contributed by atoms with Crippen LogP contribution in [0.1, 0.15) is 12.5 Å². The molecule has 0 spiro atoms. The fourth-order valence-corrected chi connectivity index (χ4v) is 2.51. The molecule has 1 aliphatic rings. The Morgan fingerprint density at radius 2 is 2.00 bits per heavy atom. The van der Waals surface area contributed by atoms with Gasteiger partial charge in [0.2, 0.25) is 6.79 Å². The summed E-state index contributed by atoms with van der Waals surface area (Å²) in [7, 11) is 1.70. The zero-order valence-corrected chi connectivity index (χ0v) is 17.5. The number of hydrogen-bond acceptors (Lipinski definition) is 4. The smallest absolute Gasteiger partial charge is 0.231 e. The fraction of sp³-hybridized carbons (Fsp3) is 0.316. The Balaban J connectivity index is 0.00000261. The molecule has 0 amide bonds. The van der Waals surface area contributed by atoms with E-state index in [0.29, 0.717) is 24.8 Å². The standard InChI is InChI=1S/C19H22FN3O3.HI/c1-13(26-16-5-3-4-15(20)9-16)10-22-19(21-2)23-11-14-6-7-17-18(8-14)25-12-24-17;/h3-9,13H,10-12H2,1-2H3,(H2,21,22,23);1H. The average Bonchev–Trinajstić information content (AvgIpc) is 3.09. The number of guanidine groups is 1. The van der Waals surface area contributed by atoms with Crippen LogP contribution in [-0.2, 0) is 6.54 Å². The fourth-order valence-electron chi connectivity index (χ4n) is 2.51. The van der Waals surface area contributed by atoms with Crippen molar-refractivity contribution in [3.05, 3.63) is 53.8 Å². The molecule has 0 saturated carbocycles. The predicted molar refractivity (Wildman–Crippen MR) is 113 cm³/mol. The van der Waals surface area contributed by atoms with Crippen LogP contribution < -0.4 is 24.8 Å². The quantitative estimate of drug-likeness (QED) is 0.372. The first kappa shape index (κ1) is 21.1. The summed E-state index contributed by atoms with van der Waals surface area (Å²) in [6.45, 7) is 3.29. The van der Waals surface area contributed by atoms with E-state index in [1.807, 2.05) is 25.1 Å². The van der Waals surface area contributed by atoms with Gasteiger partial charge in [-0.05, 0) is 36.8 Å². The van der Waals surface area contributed by atoms with Crippen LogP contribution in [0.4, 0.5) is 4.39 Å². The summed E-state index contributed by atoms with van der Waals surface area (Å²) in [4.78, 5) is 4.19. The number of aliphatic imine (C=N–C) groups is 1. The second kappa shape index (κ2) is 10.2. The molecule has 0 radical (unpaired) electrons. The molecule has 2 aromatic rings. The molecule has 1 atom stereocenters. The van der Waals surface area contributed by atoms with Gasteiger partial charge in [0.05, 0.1) is 6.54 Å². The van der Waals surface area contributed by atoms with Gasteiger partial charge in [0.15, 0.2) is 17.5 Å². The number of benzene rings is 2. The van der Waals surface area contributed by atoms with Gasteiger partial charge in [-0.25, -0.2) is 4.39 Å². The molecule has 1 unspecified atom stereocenters. The third kappa shape index (κ3) is 6.16. The number of nitrogens with one attached hydrogen (secondary N) is 2. The van der Waals surface area contributed by atoms with E-state index in [1.54, 1.807) is 19.2 Å². The average molecular weight is 487 g/mol. The first-order valence-electron chi connectivity index (χ1n) is 8.39. The minimum absolute atomic E-state index is 0. The molecular weight excluding hydrogens is 464 g/mol. The van der Waals surface area contributed by atoms with Crippen molar-refractivity contribution in [2.45, 2.75) is 19.6 Å². The summed E-state index contributed by atoms with van der Waals surface area (Å²) in [5.41, 5.74) is 1.06. The van der Waals surface area contributed by atoms with Gasteiger partial charge < -0.3 is 24.8 Å². The molecule has 6 nitrogen and oxygen atoms in total. The maximum atomic E-state index is 13.2. The van der Waals surface area contributed by atoms with Crippen molar-refractivity contribution in [2.24, 2.45) is 4.99 Å². The van der Waals surface area contributed by atoms with Crippen LogP contribution in [0.15, 0.2) is 47.5 Å². The molecule has 27 heavy (non-hydrogen) atoms. The molecule has 0 saturated heterocycles. The number of rotatable bonds is 6. The summed E-state index contributed by atoms with van der Waals surface area (Å²) in [6, 6.07) is 11.9. The second-order valence-electron chi connectivity index (χ2n) is 5.88. The lowest BCUT2D eigenvalue weighted by molar-refractivity contribution is 0.174. The van der Waals surface area contributed by atoms with E-state index in [9.17, 15) is 4.39 Å². The summed E-state index contributed by atoms with van der Waals surface area (Å²) in [5.74, 6) is 2.35. The topological polar surface area (TPSA) is 64.1 Å². The van der Waals surface area contributed by atoms with Crippen LogP contribution in [0.25, 0.3) is 0 Å². The largest absolute Gasteiger partial charge is 0.489 e. The highest BCUT2D eigenvalue weighted by Crippen LogP contribution is 2.32. The van der Waals surface area contributed by atoms with Crippen LogP contribution in [0.5, 0.6) is 17.2 Å². The first-order chi connectivity index (χ1) is 12.6. The Kier molecular flexibility index (Phi) is 7.96. The zero-order valence-electron chi connectivity index (χ0n) is 15.2. The SMILES string of the molecule is CN=C(NCc1ccc2c(c1)OCO2)NCC(C)Oc1cccc(F)c1.I. The van der Waals surface area contributed by atoms with Gasteiger partial charge in [0.1, 0.15) is 17.7 Å². The second-order valence-corrected chi connectivity index (χ2v) is 5.88. The van der Waals surface area contributed by atoms with Crippen molar-refractivity contribution in [3.63, 3.8) is 0 Å². The molecule has 1 aliphatic heterocycles. The van der Waals surface area contributed by atoms with E-state index >= 15 is 0 Å². The van der Waals surface area contributed by atoms with Crippen LogP contribution in [0.2, 0.25) is 0 Å². The van der Waals surface area contributed by atoms with E-state index < -0.39 is 0 Å². The lowest BCUT2D eigenvalue weighted by Gasteiger charge is -2.18. The monoisotopic (exact) mass is 487 g/mol. The minimum atomic E-state index is -0.316. The van der Waals surface area contributed by atoms with Crippen molar-refractivity contribution < 1.29 is 18.6 Å². The molecule has 1 heterocycles. The molecule has 0 aliphatic carbocycles. The molecule has 0 fully saturated rings. The third-order valence-electron chi connectivity index (χ3n) is 3.81. The van der Waals surface area contributed by atoms with E-state index in [0.717, 1.165) is 17.1 Å². The van der Waals surface area contributed by atoms with E-state index in [4.69, 9.17) is 14.2 Å². The summed E-state index contributed by atoms with van der Waals surface area (Å²) >= 11 is 0. The van der Waals surface area contributed by atoms with Crippen LogP contribution in [0.3, 0.4) is 0 Å².